The van der Waals surface area contributed by atoms with Gasteiger partial charge in [0, 0.05) is 31.9 Å². The molecule has 23 heavy (non-hydrogen) atoms. The third kappa shape index (κ3) is 3.37. The van der Waals surface area contributed by atoms with Crippen molar-refractivity contribution >= 4 is 11.7 Å². The standard InChI is InChI=1S/C17H24N4O2/c1-3-20(2)15-8-9-18-16(19-15)14-12-23-11-10-21(14)17(22)13-6-4-5-7-13/h6,8-9,14H,3-5,7,10-12H2,1-2H3. The van der Waals surface area contributed by atoms with Crippen LogP contribution in [0.3, 0.4) is 0 Å². The monoisotopic (exact) mass is 316 g/mol. The first-order valence-electron chi connectivity index (χ1n) is 8.32. The van der Waals surface area contributed by atoms with Crippen molar-refractivity contribution in [2.24, 2.45) is 0 Å². The zero-order valence-electron chi connectivity index (χ0n) is 13.9. The molecule has 0 bridgehead atoms. The van der Waals surface area contributed by atoms with Crippen LogP contribution in [0.5, 0.6) is 0 Å². The van der Waals surface area contributed by atoms with E-state index in [0.717, 1.165) is 37.2 Å². The highest BCUT2D eigenvalue weighted by molar-refractivity contribution is 5.94. The third-order valence-electron chi connectivity index (χ3n) is 4.53. The fraction of sp³-hybridized carbons (Fsp3) is 0.588. The van der Waals surface area contributed by atoms with E-state index in [0.29, 0.717) is 25.6 Å². The molecule has 0 aromatic carbocycles. The Morgan fingerprint density at radius 2 is 2.39 bits per heavy atom. The molecular weight excluding hydrogens is 292 g/mol. The molecule has 1 atom stereocenters. The maximum atomic E-state index is 12.8. The van der Waals surface area contributed by atoms with E-state index in [1.807, 2.05) is 18.0 Å². The lowest BCUT2D eigenvalue weighted by Crippen LogP contribution is -2.44. The molecule has 1 aliphatic heterocycles. The van der Waals surface area contributed by atoms with Crippen molar-refractivity contribution in [1.82, 2.24) is 14.9 Å². The maximum Gasteiger partial charge on any atom is 0.250 e. The van der Waals surface area contributed by atoms with Crippen molar-refractivity contribution in [2.75, 3.05) is 38.3 Å². The quantitative estimate of drug-likeness (QED) is 0.849. The van der Waals surface area contributed by atoms with E-state index in [2.05, 4.69) is 27.9 Å². The molecule has 3 rings (SSSR count). The number of allylic oxidation sites excluding steroid dienone is 1. The Kier molecular flexibility index (Phi) is 4.91. The van der Waals surface area contributed by atoms with Gasteiger partial charge in [0.2, 0.25) is 5.91 Å². The molecule has 1 fully saturated rings. The molecule has 124 valence electrons. The fourth-order valence-electron chi connectivity index (χ4n) is 3.01. The van der Waals surface area contributed by atoms with Crippen LogP contribution in [-0.2, 0) is 9.53 Å². The van der Waals surface area contributed by atoms with Gasteiger partial charge in [-0.3, -0.25) is 4.79 Å². The van der Waals surface area contributed by atoms with Crippen LogP contribution in [0, 0.1) is 0 Å². The molecule has 1 unspecified atom stereocenters. The first-order chi connectivity index (χ1) is 11.2. The average molecular weight is 316 g/mol. The highest BCUT2D eigenvalue weighted by Crippen LogP contribution is 2.27. The molecular formula is C17H24N4O2. The molecule has 0 spiro atoms. The topological polar surface area (TPSA) is 58.6 Å². The summed E-state index contributed by atoms with van der Waals surface area (Å²) in [5, 5.41) is 0. The summed E-state index contributed by atoms with van der Waals surface area (Å²) in [5.41, 5.74) is 0.929. The maximum absolute atomic E-state index is 12.8. The summed E-state index contributed by atoms with van der Waals surface area (Å²) in [6.07, 6.45) is 6.78. The van der Waals surface area contributed by atoms with Crippen molar-refractivity contribution in [3.63, 3.8) is 0 Å². The summed E-state index contributed by atoms with van der Waals surface area (Å²) in [6.45, 7) is 4.57. The van der Waals surface area contributed by atoms with Gasteiger partial charge in [-0.2, -0.15) is 0 Å². The van der Waals surface area contributed by atoms with Gasteiger partial charge in [-0.1, -0.05) is 6.08 Å². The number of hydrogen-bond acceptors (Lipinski definition) is 5. The average Bonchev–Trinajstić information content (AvgIpc) is 3.15. The van der Waals surface area contributed by atoms with Crippen LogP contribution in [0.25, 0.3) is 0 Å². The van der Waals surface area contributed by atoms with E-state index in [9.17, 15) is 4.79 Å². The zero-order valence-corrected chi connectivity index (χ0v) is 13.9. The second-order valence-electron chi connectivity index (χ2n) is 6.00. The number of carbonyl (C=O) groups excluding carboxylic acids is 1. The molecule has 0 N–H and O–H groups in total. The lowest BCUT2D eigenvalue weighted by molar-refractivity contribution is -0.136. The van der Waals surface area contributed by atoms with E-state index < -0.39 is 0 Å². The number of carbonyl (C=O) groups is 1. The third-order valence-corrected chi connectivity index (χ3v) is 4.53. The Morgan fingerprint density at radius 3 is 3.13 bits per heavy atom. The van der Waals surface area contributed by atoms with Crippen molar-refractivity contribution in [2.45, 2.75) is 32.2 Å². The van der Waals surface area contributed by atoms with Crippen molar-refractivity contribution in [3.05, 3.63) is 29.7 Å². The first-order valence-corrected chi connectivity index (χ1v) is 8.32. The van der Waals surface area contributed by atoms with E-state index in [-0.39, 0.29) is 11.9 Å². The van der Waals surface area contributed by atoms with Gasteiger partial charge in [0.05, 0.1) is 13.2 Å². The molecule has 1 aromatic rings. The van der Waals surface area contributed by atoms with Crippen molar-refractivity contribution in [3.8, 4) is 0 Å². The summed E-state index contributed by atoms with van der Waals surface area (Å²) in [5.74, 6) is 1.65. The summed E-state index contributed by atoms with van der Waals surface area (Å²) >= 11 is 0. The number of hydrogen-bond donors (Lipinski definition) is 0. The molecule has 1 aromatic heterocycles. The SMILES string of the molecule is CCN(C)c1ccnc(C2COCCN2C(=O)C2=CCCC2)n1. The van der Waals surface area contributed by atoms with Gasteiger partial charge in [0.15, 0.2) is 5.82 Å². The van der Waals surface area contributed by atoms with Gasteiger partial charge in [-0.25, -0.2) is 9.97 Å². The predicted molar refractivity (Wildman–Crippen MR) is 88.2 cm³/mol. The minimum atomic E-state index is -0.206. The Hall–Kier alpha value is -1.95. The minimum absolute atomic E-state index is 0.119. The van der Waals surface area contributed by atoms with Gasteiger partial charge in [-0.15, -0.1) is 0 Å². The Bertz CT molecular complexity index is 602. The van der Waals surface area contributed by atoms with Gasteiger partial charge >= 0.3 is 0 Å². The molecule has 1 saturated heterocycles. The van der Waals surface area contributed by atoms with Crippen molar-refractivity contribution in [1.29, 1.82) is 0 Å². The molecule has 1 aliphatic carbocycles. The number of amides is 1. The number of anilines is 1. The largest absolute Gasteiger partial charge is 0.377 e. The Balaban J connectivity index is 1.85. The van der Waals surface area contributed by atoms with Crippen molar-refractivity contribution < 1.29 is 9.53 Å². The van der Waals surface area contributed by atoms with Crippen LogP contribution < -0.4 is 4.90 Å². The van der Waals surface area contributed by atoms with E-state index >= 15 is 0 Å². The van der Waals surface area contributed by atoms with Gasteiger partial charge in [0.1, 0.15) is 11.9 Å². The zero-order chi connectivity index (χ0) is 16.2. The summed E-state index contributed by atoms with van der Waals surface area (Å²) in [7, 11) is 2.00. The highest BCUT2D eigenvalue weighted by atomic mass is 16.5. The number of rotatable bonds is 4. The van der Waals surface area contributed by atoms with Crippen LogP contribution in [0.4, 0.5) is 5.82 Å². The molecule has 0 radical (unpaired) electrons. The lowest BCUT2D eigenvalue weighted by atomic mass is 10.1. The fourth-order valence-corrected chi connectivity index (χ4v) is 3.01. The lowest BCUT2D eigenvalue weighted by Gasteiger charge is -2.35. The first kappa shape index (κ1) is 15.9. The van der Waals surface area contributed by atoms with Gasteiger partial charge in [-0.05, 0) is 32.3 Å². The predicted octanol–water partition coefficient (Wildman–Crippen LogP) is 1.94. The summed E-state index contributed by atoms with van der Waals surface area (Å²) < 4.78 is 5.60. The van der Waals surface area contributed by atoms with Crippen LogP contribution in [0.15, 0.2) is 23.9 Å². The molecule has 0 saturated carbocycles. The van der Waals surface area contributed by atoms with Crippen LogP contribution in [0.1, 0.15) is 38.1 Å². The molecule has 2 heterocycles. The second-order valence-corrected chi connectivity index (χ2v) is 6.00. The van der Waals surface area contributed by atoms with E-state index in [1.165, 1.54) is 0 Å². The number of nitrogens with zero attached hydrogens (tertiary/aromatic N) is 4. The second kappa shape index (κ2) is 7.08. The summed E-state index contributed by atoms with van der Waals surface area (Å²) in [6, 6.07) is 1.69. The molecule has 6 nitrogen and oxygen atoms in total. The van der Waals surface area contributed by atoms with Crippen LogP contribution in [0.2, 0.25) is 0 Å². The van der Waals surface area contributed by atoms with E-state index in [1.54, 1.807) is 6.20 Å². The van der Waals surface area contributed by atoms with Crippen LogP contribution in [-0.4, -0.2) is 54.1 Å². The minimum Gasteiger partial charge on any atom is -0.377 e. The molecule has 1 amide bonds. The smallest absolute Gasteiger partial charge is 0.250 e. The number of ether oxygens (including phenoxy) is 1. The normalized spacial score (nSPS) is 21.2. The molecule has 2 aliphatic rings. The van der Waals surface area contributed by atoms with Gasteiger partial charge < -0.3 is 14.5 Å². The summed E-state index contributed by atoms with van der Waals surface area (Å²) in [4.78, 5) is 25.8. The Morgan fingerprint density at radius 1 is 1.52 bits per heavy atom. The van der Waals surface area contributed by atoms with Gasteiger partial charge in [0.25, 0.3) is 0 Å². The Labute approximate surface area is 137 Å². The molecule has 6 heteroatoms. The van der Waals surface area contributed by atoms with E-state index in [4.69, 9.17) is 4.74 Å². The van der Waals surface area contributed by atoms with Crippen LogP contribution >= 0.6 is 0 Å². The number of morpholine rings is 1. The highest BCUT2D eigenvalue weighted by Gasteiger charge is 2.32. The number of aromatic nitrogens is 2.